The lowest BCUT2D eigenvalue weighted by atomic mass is 9.86. The number of rotatable bonds is 3. The molecule has 2 rings (SSSR count). The molecule has 0 fully saturated rings. The fourth-order valence-corrected chi connectivity index (χ4v) is 3.70. The van der Waals surface area contributed by atoms with E-state index in [1.807, 2.05) is 11.4 Å². The van der Waals surface area contributed by atoms with Crippen molar-refractivity contribution in [3.63, 3.8) is 0 Å². The van der Waals surface area contributed by atoms with Crippen LogP contribution in [0.1, 0.15) is 44.3 Å². The first-order chi connectivity index (χ1) is 9.40. The van der Waals surface area contributed by atoms with Crippen LogP contribution in [0.25, 0.3) is 0 Å². The minimum Gasteiger partial charge on any atom is -0.496 e. The van der Waals surface area contributed by atoms with Crippen molar-refractivity contribution in [2.75, 3.05) is 7.11 Å². The van der Waals surface area contributed by atoms with Gasteiger partial charge in [0.05, 0.1) is 18.0 Å². The maximum atomic E-state index is 6.56. The summed E-state index contributed by atoms with van der Waals surface area (Å²) >= 11 is 1.66. The molecule has 0 amide bonds. The summed E-state index contributed by atoms with van der Waals surface area (Å²) in [5, 5.41) is 2.03. The van der Waals surface area contributed by atoms with E-state index in [9.17, 15) is 0 Å². The van der Waals surface area contributed by atoms with Gasteiger partial charge in [-0.3, -0.25) is 0 Å². The lowest BCUT2D eigenvalue weighted by Crippen LogP contribution is -2.16. The third kappa shape index (κ3) is 2.25. The van der Waals surface area contributed by atoms with Gasteiger partial charge < -0.3 is 10.5 Å². The maximum absolute atomic E-state index is 6.56. The van der Waals surface area contributed by atoms with Gasteiger partial charge in [0.15, 0.2) is 0 Å². The van der Waals surface area contributed by atoms with E-state index in [0.717, 1.165) is 10.6 Å². The van der Waals surface area contributed by atoms with Crippen molar-refractivity contribution in [1.29, 1.82) is 0 Å². The van der Waals surface area contributed by atoms with Crippen LogP contribution in [0.3, 0.4) is 0 Å². The summed E-state index contributed by atoms with van der Waals surface area (Å²) in [6, 6.07) is 1.86. The van der Waals surface area contributed by atoms with Crippen LogP contribution in [-0.2, 0) is 0 Å². The Bertz CT molecular complexity index is 614. The average Bonchev–Trinajstić information content (AvgIpc) is 2.91. The van der Waals surface area contributed by atoms with E-state index in [1.165, 1.54) is 33.4 Å². The molecular formula is C17H23NOS. The smallest absolute Gasteiger partial charge is 0.134 e. The molecule has 1 aromatic heterocycles. The summed E-state index contributed by atoms with van der Waals surface area (Å²) in [5.74, 6) is 0.886. The first kappa shape index (κ1) is 15.1. The first-order valence-corrected chi connectivity index (χ1v) is 7.71. The molecule has 0 saturated carbocycles. The summed E-state index contributed by atoms with van der Waals surface area (Å²) in [7, 11) is 1.70. The fraction of sp³-hybridized carbons (Fsp3) is 0.412. The van der Waals surface area contributed by atoms with Crippen molar-refractivity contribution < 1.29 is 4.74 Å². The summed E-state index contributed by atoms with van der Waals surface area (Å²) in [6.45, 7) is 10.9. The lowest BCUT2D eigenvalue weighted by molar-refractivity contribution is 0.410. The Labute approximate surface area is 125 Å². The number of hydrogen-bond acceptors (Lipinski definition) is 3. The quantitative estimate of drug-likeness (QED) is 0.912. The molecule has 2 aromatic rings. The molecule has 108 valence electrons. The number of thiophene rings is 1. The van der Waals surface area contributed by atoms with Gasteiger partial charge >= 0.3 is 0 Å². The van der Waals surface area contributed by atoms with Crippen LogP contribution in [0.4, 0.5) is 0 Å². The van der Waals surface area contributed by atoms with Crippen molar-refractivity contribution in [1.82, 2.24) is 0 Å². The van der Waals surface area contributed by atoms with Crippen LogP contribution >= 0.6 is 11.3 Å². The topological polar surface area (TPSA) is 35.2 Å². The summed E-state index contributed by atoms with van der Waals surface area (Å²) in [4.78, 5) is 1.10. The molecule has 1 aromatic carbocycles. The molecule has 0 saturated heterocycles. The molecule has 0 aliphatic heterocycles. The number of methoxy groups -OCH3 is 1. The van der Waals surface area contributed by atoms with Gasteiger partial charge in [0.1, 0.15) is 5.75 Å². The zero-order valence-electron chi connectivity index (χ0n) is 13.1. The van der Waals surface area contributed by atoms with Crippen molar-refractivity contribution >= 4 is 11.3 Å². The summed E-state index contributed by atoms with van der Waals surface area (Å²) in [5.41, 5.74) is 14.5. The Kier molecular flexibility index (Phi) is 4.21. The molecule has 2 N–H and O–H groups in total. The van der Waals surface area contributed by atoms with Gasteiger partial charge in [-0.15, -0.1) is 11.3 Å². The lowest BCUT2D eigenvalue weighted by Gasteiger charge is -2.23. The highest BCUT2D eigenvalue weighted by atomic mass is 32.1. The summed E-state index contributed by atoms with van der Waals surface area (Å²) in [6.07, 6.45) is 0. The molecule has 1 heterocycles. The van der Waals surface area contributed by atoms with E-state index in [2.05, 4.69) is 34.6 Å². The van der Waals surface area contributed by atoms with E-state index in [4.69, 9.17) is 10.5 Å². The van der Waals surface area contributed by atoms with E-state index in [1.54, 1.807) is 18.4 Å². The van der Waals surface area contributed by atoms with Gasteiger partial charge in [0.2, 0.25) is 0 Å². The highest BCUT2D eigenvalue weighted by molar-refractivity contribution is 7.10. The molecule has 0 spiro atoms. The van der Waals surface area contributed by atoms with Crippen LogP contribution in [0.5, 0.6) is 5.75 Å². The van der Waals surface area contributed by atoms with Crippen molar-refractivity contribution in [3.05, 3.63) is 49.7 Å². The van der Waals surface area contributed by atoms with Gasteiger partial charge in [-0.1, -0.05) is 0 Å². The summed E-state index contributed by atoms with van der Waals surface area (Å²) < 4.78 is 5.42. The minimum absolute atomic E-state index is 0.122. The third-order valence-corrected chi connectivity index (χ3v) is 5.51. The van der Waals surface area contributed by atoms with Gasteiger partial charge in [-0.2, -0.15) is 0 Å². The zero-order valence-corrected chi connectivity index (χ0v) is 13.9. The fourth-order valence-electron chi connectivity index (χ4n) is 2.83. The molecule has 20 heavy (non-hydrogen) atoms. The Morgan fingerprint density at radius 2 is 1.45 bits per heavy atom. The van der Waals surface area contributed by atoms with Crippen LogP contribution in [-0.4, -0.2) is 7.11 Å². The molecule has 2 nitrogen and oxygen atoms in total. The molecule has 1 unspecified atom stereocenters. The SMILES string of the molecule is COc1ccsc1C(N)c1c(C)c(C)c(C)c(C)c1C. The molecule has 1 atom stereocenters. The normalized spacial score (nSPS) is 12.6. The maximum Gasteiger partial charge on any atom is 0.134 e. The van der Waals surface area contributed by atoms with Crippen LogP contribution < -0.4 is 10.5 Å². The average molecular weight is 289 g/mol. The molecule has 0 radical (unpaired) electrons. The highest BCUT2D eigenvalue weighted by Crippen LogP contribution is 2.38. The van der Waals surface area contributed by atoms with Crippen molar-refractivity contribution in [2.24, 2.45) is 5.73 Å². The second kappa shape index (κ2) is 5.58. The number of hydrogen-bond donors (Lipinski definition) is 1. The molecule has 3 heteroatoms. The Morgan fingerprint density at radius 1 is 0.950 bits per heavy atom. The monoisotopic (exact) mass is 289 g/mol. The van der Waals surface area contributed by atoms with Gasteiger partial charge in [0, 0.05) is 0 Å². The zero-order chi connectivity index (χ0) is 15.0. The number of nitrogens with two attached hydrogens (primary N) is 1. The second-order valence-corrected chi connectivity index (χ2v) is 6.32. The van der Waals surface area contributed by atoms with Gasteiger partial charge in [-0.05, 0) is 79.4 Å². The van der Waals surface area contributed by atoms with Crippen LogP contribution in [0.2, 0.25) is 0 Å². The van der Waals surface area contributed by atoms with Crippen LogP contribution in [0, 0.1) is 34.6 Å². The first-order valence-electron chi connectivity index (χ1n) is 6.83. The van der Waals surface area contributed by atoms with Crippen LogP contribution in [0.15, 0.2) is 11.4 Å². The molecule has 0 aliphatic rings. The van der Waals surface area contributed by atoms with E-state index >= 15 is 0 Å². The van der Waals surface area contributed by atoms with E-state index < -0.39 is 0 Å². The molecular weight excluding hydrogens is 266 g/mol. The standard InChI is InChI=1S/C17H23NOS/c1-9-10(2)12(4)15(13(5)11(9)3)16(18)17-14(19-6)7-8-20-17/h7-8,16H,18H2,1-6H3. The van der Waals surface area contributed by atoms with Gasteiger partial charge in [0.25, 0.3) is 0 Å². The minimum atomic E-state index is -0.122. The molecule has 0 bridgehead atoms. The third-order valence-electron chi connectivity index (χ3n) is 4.53. The second-order valence-electron chi connectivity index (χ2n) is 5.37. The predicted molar refractivity (Wildman–Crippen MR) is 87.0 cm³/mol. The van der Waals surface area contributed by atoms with E-state index in [-0.39, 0.29) is 6.04 Å². The predicted octanol–water partition coefficient (Wildman–Crippen LogP) is 4.35. The Hall–Kier alpha value is -1.32. The highest BCUT2D eigenvalue weighted by Gasteiger charge is 2.22. The Balaban J connectivity index is 2.64. The van der Waals surface area contributed by atoms with Crippen molar-refractivity contribution in [3.8, 4) is 5.75 Å². The molecule has 0 aliphatic carbocycles. The largest absolute Gasteiger partial charge is 0.496 e. The number of benzene rings is 1. The van der Waals surface area contributed by atoms with Gasteiger partial charge in [-0.25, -0.2) is 0 Å². The van der Waals surface area contributed by atoms with Crippen molar-refractivity contribution in [2.45, 2.75) is 40.7 Å². The van der Waals surface area contributed by atoms with E-state index in [0.29, 0.717) is 0 Å². The Morgan fingerprint density at radius 3 is 1.95 bits per heavy atom. The number of ether oxygens (including phenoxy) is 1.